The zero-order valence-electron chi connectivity index (χ0n) is 10.6. The fraction of sp³-hybridized carbons (Fsp3) is 0.750. The lowest BCUT2D eigenvalue weighted by atomic mass is 10.2. The minimum Gasteiger partial charge on any atom is -0.350 e. The smallest absolute Gasteiger partial charge is 0.159 e. The maximum absolute atomic E-state index is 5.50. The van der Waals surface area contributed by atoms with Gasteiger partial charge in [0.1, 0.15) is 5.82 Å². The number of nitrogens with one attached hydrogen (secondary N) is 1. The van der Waals surface area contributed by atoms with Gasteiger partial charge in [0.05, 0.1) is 19.3 Å². The lowest BCUT2D eigenvalue weighted by Gasteiger charge is -2.20. The molecule has 5 heteroatoms. The van der Waals surface area contributed by atoms with Gasteiger partial charge in [-0.2, -0.15) is 0 Å². The van der Waals surface area contributed by atoms with E-state index in [1.54, 1.807) is 0 Å². The van der Waals surface area contributed by atoms with Gasteiger partial charge in [-0.15, -0.1) is 0 Å². The van der Waals surface area contributed by atoms with E-state index in [1.165, 1.54) is 0 Å². The van der Waals surface area contributed by atoms with Gasteiger partial charge in [-0.05, 0) is 13.0 Å². The minimum absolute atomic E-state index is 0.0962. The molecule has 2 rings (SSSR count). The molecule has 1 aliphatic heterocycles. The zero-order chi connectivity index (χ0) is 12.1. The predicted molar refractivity (Wildman–Crippen MR) is 64.6 cm³/mol. The Bertz CT molecular complexity index is 334. The van der Waals surface area contributed by atoms with Gasteiger partial charge in [0.2, 0.25) is 0 Å². The summed E-state index contributed by atoms with van der Waals surface area (Å²) in [5.41, 5.74) is 0. The van der Waals surface area contributed by atoms with Gasteiger partial charge in [-0.1, -0.05) is 6.92 Å². The van der Waals surface area contributed by atoms with Gasteiger partial charge in [0.25, 0.3) is 0 Å². The van der Waals surface area contributed by atoms with Gasteiger partial charge in [0, 0.05) is 25.9 Å². The summed E-state index contributed by atoms with van der Waals surface area (Å²) in [5, 5.41) is 3.50. The number of imidazole rings is 1. The predicted octanol–water partition coefficient (Wildman–Crippen LogP) is 1.22. The number of aryl methyl sites for hydroxylation is 1. The Balaban J connectivity index is 1.99. The molecule has 0 saturated carbocycles. The molecule has 0 radical (unpaired) electrons. The van der Waals surface area contributed by atoms with E-state index in [0.717, 1.165) is 25.2 Å². The van der Waals surface area contributed by atoms with Crippen LogP contribution < -0.4 is 5.32 Å². The van der Waals surface area contributed by atoms with E-state index < -0.39 is 0 Å². The van der Waals surface area contributed by atoms with E-state index in [0.29, 0.717) is 13.2 Å². The third-order valence-corrected chi connectivity index (χ3v) is 2.93. The first-order chi connectivity index (χ1) is 8.31. The molecule has 1 aliphatic rings. The van der Waals surface area contributed by atoms with Crippen molar-refractivity contribution in [2.45, 2.75) is 32.1 Å². The molecule has 2 heterocycles. The summed E-state index contributed by atoms with van der Waals surface area (Å²) < 4.78 is 13.0. The van der Waals surface area contributed by atoms with Crippen LogP contribution in [0.4, 0.5) is 0 Å². The maximum Gasteiger partial charge on any atom is 0.159 e. The van der Waals surface area contributed by atoms with E-state index >= 15 is 0 Å². The highest BCUT2D eigenvalue weighted by Crippen LogP contribution is 2.20. The molecule has 0 amide bonds. The van der Waals surface area contributed by atoms with Crippen molar-refractivity contribution in [1.82, 2.24) is 14.9 Å². The van der Waals surface area contributed by atoms with Crippen molar-refractivity contribution in [3.8, 4) is 0 Å². The SMILES string of the molecule is CCCNC(CC1OCCO1)c1nccn1C. The molecule has 1 aromatic rings. The van der Waals surface area contributed by atoms with Crippen molar-refractivity contribution >= 4 is 0 Å². The molecule has 1 atom stereocenters. The van der Waals surface area contributed by atoms with E-state index in [1.807, 2.05) is 24.0 Å². The first-order valence-corrected chi connectivity index (χ1v) is 6.25. The average molecular weight is 239 g/mol. The second kappa shape index (κ2) is 6.14. The second-order valence-corrected chi connectivity index (χ2v) is 4.31. The molecule has 1 unspecified atom stereocenters. The van der Waals surface area contributed by atoms with Crippen LogP contribution in [-0.4, -0.2) is 35.6 Å². The Morgan fingerprint density at radius 3 is 2.88 bits per heavy atom. The molecule has 17 heavy (non-hydrogen) atoms. The van der Waals surface area contributed by atoms with Crippen LogP contribution >= 0.6 is 0 Å². The summed E-state index contributed by atoms with van der Waals surface area (Å²) in [4.78, 5) is 4.40. The van der Waals surface area contributed by atoms with Gasteiger partial charge >= 0.3 is 0 Å². The van der Waals surface area contributed by atoms with Gasteiger partial charge in [-0.3, -0.25) is 0 Å². The topological polar surface area (TPSA) is 48.3 Å². The Kier molecular flexibility index (Phi) is 4.53. The summed E-state index contributed by atoms with van der Waals surface area (Å²) in [6.07, 6.45) is 5.61. The Morgan fingerprint density at radius 1 is 1.53 bits per heavy atom. The largest absolute Gasteiger partial charge is 0.350 e. The molecule has 0 spiro atoms. The Morgan fingerprint density at radius 2 is 2.29 bits per heavy atom. The lowest BCUT2D eigenvalue weighted by Crippen LogP contribution is -2.28. The van der Waals surface area contributed by atoms with Crippen molar-refractivity contribution in [2.75, 3.05) is 19.8 Å². The highest BCUT2D eigenvalue weighted by molar-refractivity contribution is 4.99. The molecule has 1 aromatic heterocycles. The van der Waals surface area contributed by atoms with Crippen molar-refractivity contribution in [3.63, 3.8) is 0 Å². The van der Waals surface area contributed by atoms with E-state index in [-0.39, 0.29) is 12.3 Å². The third kappa shape index (κ3) is 3.28. The summed E-state index contributed by atoms with van der Waals surface area (Å²) in [5.74, 6) is 1.04. The monoisotopic (exact) mass is 239 g/mol. The molecule has 1 N–H and O–H groups in total. The molecule has 0 aliphatic carbocycles. The van der Waals surface area contributed by atoms with Crippen molar-refractivity contribution in [3.05, 3.63) is 18.2 Å². The quantitative estimate of drug-likeness (QED) is 0.811. The number of rotatable bonds is 6. The highest BCUT2D eigenvalue weighted by atomic mass is 16.7. The summed E-state index contributed by atoms with van der Waals surface area (Å²) >= 11 is 0. The van der Waals surface area contributed by atoms with Crippen LogP contribution in [0.15, 0.2) is 12.4 Å². The Hall–Kier alpha value is -0.910. The molecular formula is C12H21N3O2. The van der Waals surface area contributed by atoms with Crippen molar-refractivity contribution in [2.24, 2.45) is 7.05 Å². The molecule has 96 valence electrons. The zero-order valence-corrected chi connectivity index (χ0v) is 10.6. The van der Waals surface area contributed by atoms with Crippen LogP contribution in [0.3, 0.4) is 0 Å². The molecule has 1 fully saturated rings. The first kappa shape index (κ1) is 12.5. The molecular weight excluding hydrogens is 218 g/mol. The van der Waals surface area contributed by atoms with Gasteiger partial charge in [0.15, 0.2) is 6.29 Å². The maximum atomic E-state index is 5.50. The first-order valence-electron chi connectivity index (χ1n) is 6.25. The number of nitrogens with zero attached hydrogens (tertiary/aromatic N) is 2. The minimum atomic E-state index is -0.0962. The van der Waals surface area contributed by atoms with Gasteiger partial charge < -0.3 is 19.4 Å². The van der Waals surface area contributed by atoms with Crippen molar-refractivity contribution < 1.29 is 9.47 Å². The molecule has 0 aromatic carbocycles. The van der Waals surface area contributed by atoms with Crippen LogP contribution in [0.5, 0.6) is 0 Å². The van der Waals surface area contributed by atoms with Crippen LogP contribution in [-0.2, 0) is 16.5 Å². The summed E-state index contributed by atoms with van der Waals surface area (Å²) in [6.45, 7) is 4.53. The molecule has 5 nitrogen and oxygen atoms in total. The second-order valence-electron chi connectivity index (χ2n) is 4.31. The highest BCUT2D eigenvalue weighted by Gasteiger charge is 2.24. The molecule has 0 bridgehead atoms. The van der Waals surface area contributed by atoms with E-state index in [4.69, 9.17) is 9.47 Å². The van der Waals surface area contributed by atoms with Crippen LogP contribution in [0.1, 0.15) is 31.6 Å². The number of hydrogen-bond donors (Lipinski definition) is 1. The van der Waals surface area contributed by atoms with E-state index in [9.17, 15) is 0 Å². The number of aromatic nitrogens is 2. The van der Waals surface area contributed by atoms with E-state index in [2.05, 4.69) is 17.2 Å². The molecule has 1 saturated heterocycles. The van der Waals surface area contributed by atoms with Crippen LogP contribution in [0.25, 0.3) is 0 Å². The fourth-order valence-electron chi connectivity index (χ4n) is 2.05. The van der Waals surface area contributed by atoms with Crippen molar-refractivity contribution in [1.29, 1.82) is 0 Å². The number of hydrogen-bond acceptors (Lipinski definition) is 4. The van der Waals surface area contributed by atoms with Crippen LogP contribution in [0.2, 0.25) is 0 Å². The third-order valence-electron chi connectivity index (χ3n) is 2.93. The lowest BCUT2D eigenvalue weighted by molar-refractivity contribution is -0.0536. The van der Waals surface area contributed by atoms with Gasteiger partial charge in [-0.25, -0.2) is 4.98 Å². The van der Waals surface area contributed by atoms with Crippen LogP contribution in [0, 0.1) is 0 Å². The number of ether oxygens (including phenoxy) is 2. The summed E-state index contributed by atoms with van der Waals surface area (Å²) in [6, 6.07) is 0.193. The fourth-order valence-corrected chi connectivity index (χ4v) is 2.05. The normalized spacial score (nSPS) is 18.7. The Labute approximate surface area is 102 Å². The summed E-state index contributed by atoms with van der Waals surface area (Å²) in [7, 11) is 2.01. The average Bonchev–Trinajstić information content (AvgIpc) is 2.95. The standard InChI is InChI=1S/C12H21N3O2/c1-3-4-13-10(9-11-16-7-8-17-11)12-14-5-6-15(12)2/h5-6,10-11,13H,3-4,7-9H2,1-2H3.